The Morgan fingerprint density at radius 1 is 0.667 bits per heavy atom. The Kier molecular flexibility index (Phi) is 9.23. The molecule has 0 amide bonds. The van der Waals surface area contributed by atoms with Gasteiger partial charge in [0.2, 0.25) is 0 Å². The highest BCUT2D eigenvalue weighted by molar-refractivity contribution is 8.00. The first kappa shape index (κ1) is 31.6. The molecule has 2 fully saturated rings. The standard InChI is InChI=1S/C28H30F2N6O8S/c29-15-5-1-3-13(7-15)17-9-35(33-31-17)21-23(39)19(11-37)43-27(25(21)41)45-28-26(42)22(24(40)20(12-38)44-28)36-10-18(32-34-36)14-4-2-6-16(30)8-14/h1-10,19-28,37-42H,11-12H2/t19-,20?,21?,22?,23?,24+,25-,26+,27?,28+/m1/s1. The van der Waals surface area contributed by atoms with Gasteiger partial charge in [-0.05, 0) is 24.3 Å². The first-order valence-electron chi connectivity index (χ1n) is 13.9. The van der Waals surface area contributed by atoms with Crippen LogP contribution in [0.4, 0.5) is 8.78 Å². The Hall–Kier alpha value is -3.39. The van der Waals surface area contributed by atoms with Crippen molar-refractivity contribution in [3.8, 4) is 22.5 Å². The second kappa shape index (κ2) is 13.1. The number of aliphatic hydroxyl groups is 6. The van der Waals surface area contributed by atoms with Gasteiger partial charge in [0.15, 0.2) is 0 Å². The summed E-state index contributed by atoms with van der Waals surface area (Å²) in [6, 6.07) is 8.88. The molecule has 240 valence electrons. The van der Waals surface area contributed by atoms with E-state index in [1.165, 1.54) is 58.2 Å². The quantitative estimate of drug-likeness (QED) is 0.148. The summed E-state index contributed by atoms with van der Waals surface area (Å²) in [7, 11) is 0. The molecular weight excluding hydrogens is 618 g/mol. The van der Waals surface area contributed by atoms with Crippen LogP contribution in [0.3, 0.4) is 0 Å². The lowest BCUT2D eigenvalue weighted by Gasteiger charge is -2.46. The summed E-state index contributed by atoms with van der Waals surface area (Å²) < 4.78 is 41.5. The lowest BCUT2D eigenvalue weighted by Crippen LogP contribution is -2.58. The largest absolute Gasteiger partial charge is 0.394 e. The minimum Gasteiger partial charge on any atom is -0.394 e. The number of ether oxygens (including phenoxy) is 2. The summed E-state index contributed by atoms with van der Waals surface area (Å²) in [5.74, 6) is -0.978. The molecule has 10 atom stereocenters. The van der Waals surface area contributed by atoms with E-state index in [-0.39, 0.29) is 11.4 Å². The number of thioether (sulfide) groups is 1. The Morgan fingerprint density at radius 3 is 1.47 bits per heavy atom. The number of hydrogen-bond donors (Lipinski definition) is 6. The van der Waals surface area contributed by atoms with Crippen molar-refractivity contribution >= 4 is 11.8 Å². The van der Waals surface area contributed by atoms with Crippen molar-refractivity contribution in [2.45, 2.75) is 59.6 Å². The summed E-state index contributed by atoms with van der Waals surface area (Å²) >= 11 is 0.796. The predicted octanol–water partition coefficient (Wildman–Crippen LogP) is -0.125. The van der Waals surface area contributed by atoms with E-state index in [0.29, 0.717) is 11.1 Å². The average molecular weight is 649 g/mol. The topological polar surface area (TPSA) is 201 Å². The Morgan fingerprint density at radius 2 is 1.09 bits per heavy atom. The summed E-state index contributed by atoms with van der Waals surface area (Å²) in [6.07, 6.45) is -5.48. The van der Waals surface area contributed by atoms with E-state index in [2.05, 4.69) is 20.6 Å². The Balaban J connectivity index is 1.25. The predicted molar refractivity (Wildman–Crippen MR) is 152 cm³/mol. The summed E-state index contributed by atoms with van der Waals surface area (Å²) in [4.78, 5) is 0. The number of halogens is 2. The molecule has 0 bridgehead atoms. The van der Waals surface area contributed by atoms with Gasteiger partial charge in [-0.2, -0.15) is 0 Å². The maximum atomic E-state index is 13.8. The molecule has 6 N–H and O–H groups in total. The lowest BCUT2D eigenvalue weighted by molar-refractivity contribution is -0.189. The maximum Gasteiger partial charge on any atom is 0.134 e. The fourth-order valence-corrected chi connectivity index (χ4v) is 6.84. The Bertz CT molecular complexity index is 1500. The van der Waals surface area contributed by atoms with E-state index in [9.17, 15) is 39.4 Å². The number of nitrogens with zero attached hydrogens (tertiary/aromatic N) is 6. The smallest absolute Gasteiger partial charge is 0.134 e. The first-order chi connectivity index (χ1) is 21.7. The zero-order valence-corrected chi connectivity index (χ0v) is 24.1. The highest BCUT2D eigenvalue weighted by Gasteiger charge is 2.51. The van der Waals surface area contributed by atoms with E-state index in [1.54, 1.807) is 12.1 Å². The first-order valence-corrected chi connectivity index (χ1v) is 14.9. The van der Waals surface area contributed by atoms with Crippen molar-refractivity contribution in [3.63, 3.8) is 0 Å². The van der Waals surface area contributed by atoms with Crippen LogP contribution in [-0.2, 0) is 9.47 Å². The molecule has 45 heavy (non-hydrogen) atoms. The van der Waals surface area contributed by atoms with Gasteiger partial charge >= 0.3 is 0 Å². The Labute approximate surface area is 258 Å². The fraction of sp³-hybridized carbons (Fsp3) is 0.429. The maximum absolute atomic E-state index is 13.8. The van der Waals surface area contributed by atoms with Crippen LogP contribution in [0.15, 0.2) is 60.9 Å². The van der Waals surface area contributed by atoms with E-state index < -0.39 is 84.4 Å². The number of aromatic nitrogens is 6. The van der Waals surface area contributed by atoms with Crippen molar-refractivity contribution in [2.75, 3.05) is 13.2 Å². The van der Waals surface area contributed by atoms with Crippen LogP contribution in [0, 0.1) is 11.6 Å². The zero-order valence-electron chi connectivity index (χ0n) is 23.3. The monoisotopic (exact) mass is 648 g/mol. The van der Waals surface area contributed by atoms with Crippen molar-refractivity contribution in [3.05, 3.63) is 72.6 Å². The van der Waals surface area contributed by atoms with Crippen molar-refractivity contribution < 1.29 is 48.9 Å². The van der Waals surface area contributed by atoms with E-state index >= 15 is 0 Å². The lowest BCUT2D eigenvalue weighted by atomic mass is 9.97. The number of aliphatic hydroxyl groups excluding tert-OH is 6. The van der Waals surface area contributed by atoms with Gasteiger partial charge in [0, 0.05) is 11.1 Å². The molecule has 0 saturated carbocycles. The van der Waals surface area contributed by atoms with Crippen LogP contribution in [-0.4, -0.2) is 121 Å². The van der Waals surface area contributed by atoms with Gasteiger partial charge < -0.3 is 40.1 Å². The SMILES string of the molecule is OCC1O[C@@H](SC2O[C@H](CO)C(O)C(n3cc(-c4cccc(F)c4)nn3)[C@H]2O)[C@@H](O)C(n2cc(-c3cccc(F)c3)nn2)[C@H]1O. The summed E-state index contributed by atoms with van der Waals surface area (Å²) in [5, 5.41) is 80.8. The molecule has 0 aliphatic carbocycles. The molecule has 2 aromatic carbocycles. The van der Waals surface area contributed by atoms with Crippen molar-refractivity contribution in [1.29, 1.82) is 0 Å². The van der Waals surface area contributed by atoms with Crippen LogP contribution >= 0.6 is 11.8 Å². The minimum atomic E-state index is -1.51. The van der Waals surface area contributed by atoms with Gasteiger partial charge in [0.05, 0.1) is 25.6 Å². The van der Waals surface area contributed by atoms with E-state index in [4.69, 9.17) is 9.47 Å². The van der Waals surface area contributed by atoms with Crippen molar-refractivity contribution in [2.24, 2.45) is 0 Å². The highest BCUT2D eigenvalue weighted by atomic mass is 32.2. The minimum absolute atomic E-state index is 0.268. The molecule has 0 radical (unpaired) electrons. The van der Waals surface area contributed by atoms with Gasteiger partial charge in [-0.25, -0.2) is 18.1 Å². The van der Waals surface area contributed by atoms with Crippen LogP contribution in [0.25, 0.3) is 22.5 Å². The molecule has 4 heterocycles. The molecule has 14 nitrogen and oxygen atoms in total. The molecule has 17 heteroatoms. The highest BCUT2D eigenvalue weighted by Crippen LogP contribution is 2.42. The number of hydrogen-bond acceptors (Lipinski definition) is 13. The molecule has 4 aromatic rings. The van der Waals surface area contributed by atoms with Gasteiger partial charge in [-0.1, -0.05) is 46.5 Å². The fourth-order valence-electron chi connectivity index (χ4n) is 5.52. The molecule has 5 unspecified atom stereocenters. The van der Waals surface area contributed by atoms with Gasteiger partial charge in [-0.3, -0.25) is 0 Å². The average Bonchev–Trinajstić information content (AvgIpc) is 3.71. The zero-order chi connectivity index (χ0) is 31.8. The van der Waals surface area contributed by atoms with E-state index in [1.807, 2.05) is 0 Å². The third-order valence-corrected chi connectivity index (χ3v) is 9.15. The van der Waals surface area contributed by atoms with Gasteiger partial charge in [0.1, 0.15) is 82.6 Å². The van der Waals surface area contributed by atoms with Crippen LogP contribution in [0.5, 0.6) is 0 Å². The summed E-state index contributed by atoms with van der Waals surface area (Å²) in [5.41, 5.74) is -1.10. The molecule has 2 aromatic heterocycles. The molecule has 2 aliphatic rings. The van der Waals surface area contributed by atoms with Crippen molar-refractivity contribution in [1.82, 2.24) is 30.0 Å². The van der Waals surface area contributed by atoms with Crippen LogP contribution < -0.4 is 0 Å². The number of rotatable bonds is 8. The van der Waals surface area contributed by atoms with E-state index in [0.717, 1.165) is 11.8 Å². The third-order valence-electron chi connectivity index (χ3n) is 7.84. The van der Waals surface area contributed by atoms with Gasteiger partial charge in [0.25, 0.3) is 0 Å². The second-order valence-corrected chi connectivity index (χ2v) is 11.9. The molecular formula is C28H30F2N6O8S. The number of benzene rings is 2. The van der Waals surface area contributed by atoms with Crippen LogP contribution in [0.2, 0.25) is 0 Å². The second-order valence-electron chi connectivity index (χ2n) is 10.7. The summed E-state index contributed by atoms with van der Waals surface area (Å²) in [6.45, 7) is -1.27. The molecule has 2 aliphatic heterocycles. The van der Waals surface area contributed by atoms with Gasteiger partial charge in [-0.15, -0.1) is 10.2 Å². The molecule has 0 spiro atoms. The molecule has 6 rings (SSSR count). The normalized spacial score (nSPS) is 32.1. The third kappa shape index (κ3) is 6.23. The molecule has 2 saturated heterocycles. The van der Waals surface area contributed by atoms with Crippen LogP contribution in [0.1, 0.15) is 12.1 Å².